The second-order valence-corrected chi connectivity index (χ2v) is 6.93. The molecule has 0 spiro atoms. The molecular formula is C16H26N2O2. The first-order valence-electron chi connectivity index (χ1n) is 6.89. The number of nitrogens with one attached hydrogen (secondary N) is 2. The van der Waals surface area contributed by atoms with Crippen LogP contribution in [0.2, 0.25) is 0 Å². The Labute approximate surface area is 121 Å². The highest BCUT2D eigenvalue weighted by atomic mass is 16.6. The number of hydrogen-bond donors (Lipinski definition) is 2. The van der Waals surface area contributed by atoms with Gasteiger partial charge in [0.2, 0.25) is 0 Å². The fourth-order valence-electron chi connectivity index (χ4n) is 1.68. The number of ether oxygens (including phenoxy) is 1. The van der Waals surface area contributed by atoms with Gasteiger partial charge >= 0.3 is 6.09 Å². The summed E-state index contributed by atoms with van der Waals surface area (Å²) >= 11 is 0. The first-order chi connectivity index (χ1) is 9.05. The smallest absolute Gasteiger partial charge is 0.407 e. The molecule has 0 aromatic heterocycles. The Morgan fingerprint density at radius 2 is 1.80 bits per heavy atom. The van der Waals surface area contributed by atoms with Crippen LogP contribution in [0.15, 0.2) is 24.3 Å². The number of carbonyl (C=O) groups is 1. The maximum Gasteiger partial charge on any atom is 0.407 e. The van der Waals surface area contributed by atoms with E-state index in [2.05, 4.69) is 31.4 Å². The van der Waals surface area contributed by atoms with E-state index in [1.165, 1.54) is 0 Å². The van der Waals surface area contributed by atoms with Gasteiger partial charge in [0.1, 0.15) is 5.60 Å². The largest absolute Gasteiger partial charge is 0.444 e. The molecule has 20 heavy (non-hydrogen) atoms. The highest BCUT2D eigenvalue weighted by molar-refractivity contribution is 5.67. The zero-order valence-corrected chi connectivity index (χ0v) is 13.3. The number of hydrogen-bond acceptors (Lipinski definition) is 3. The van der Waals surface area contributed by atoms with Crippen molar-refractivity contribution in [2.75, 3.05) is 5.32 Å². The highest BCUT2D eigenvalue weighted by Crippen LogP contribution is 2.16. The molecule has 0 unspecified atom stereocenters. The van der Waals surface area contributed by atoms with Crippen LogP contribution in [0.1, 0.15) is 47.1 Å². The summed E-state index contributed by atoms with van der Waals surface area (Å²) in [5.74, 6) is 0. The normalized spacial score (nSPS) is 11.9. The van der Waals surface area contributed by atoms with Crippen LogP contribution >= 0.6 is 0 Å². The Bertz CT molecular complexity index is 456. The molecule has 0 aliphatic carbocycles. The summed E-state index contributed by atoms with van der Waals surface area (Å²) in [5.41, 5.74) is 1.61. The fraction of sp³-hybridized carbons (Fsp3) is 0.562. The number of benzene rings is 1. The average Bonchev–Trinajstić information content (AvgIpc) is 2.22. The molecule has 0 atom stereocenters. The Morgan fingerprint density at radius 3 is 2.35 bits per heavy atom. The summed E-state index contributed by atoms with van der Waals surface area (Å²) in [4.78, 5) is 11.6. The number of alkyl carbamates (subject to hydrolysis) is 1. The number of rotatable bonds is 3. The Hall–Kier alpha value is -1.71. The van der Waals surface area contributed by atoms with E-state index in [1.807, 2.05) is 45.0 Å². The summed E-state index contributed by atoms with van der Waals surface area (Å²) in [7, 11) is 0. The molecule has 0 fully saturated rings. The number of amides is 1. The van der Waals surface area contributed by atoms with Crippen molar-refractivity contribution < 1.29 is 9.53 Å². The van der Waals surface area contributed by atoms with Crippen LogP contribution in [-0.4, -0.2) is 17.2 Å². The van der Waals surface area contributed by atoms with Crippen LogP contribution in [0.25, 0.3) is 0 Å². The molecule has 1 rings (SSSR count). The molecule has 4 heteroatoms. The minimum Gasteiger partial charge on any atom is -0.444 e. The lowest BCUT2D eigenvalue weighted by molar-refractivity contribution is 0.0523. The summed E-state index contributed by atoms with van der Waals surface area (Å²) in [6.07, 6.45) is -0.397. The molecule has 1 amide bonds. The van der Waals surface area contributed by atoms with Crippen LogP contribution < -0.4 is 10.6 Å². The molecule has 0 aliphatic heterocycles. The predicted molar refractivity (Wildman–Crippen MR) is 82.9 cm³/mol. The molecule has 0 saturated heterocycles. The molecular weight excluding hydrogens is 252 g/mol. The van der Waals surface area contributed by atoms with E-state index in [9.17, 15) is 4.79 Å². The first-order valence-corrected chi connectivity index (χ1v) is 6.89. The van der Waals surface area contributed by atoms with E-state index >= 15 is 0 Å². The van der Waals surface area contributed by atoms with Crippen molar-refractivity contribution in [2.45, 2.75) is 59.2 Å². The van der Waals surface area contributed by atoms with Gasteiger partial charge in [0.05, 0.1) is 0 Å². The van der Waals surface area contributed by atoms with E-state index in [0.29, 0.717) is 6.54 Å². The maximum atomic E-state index is 11.6. The fourth-order valence-corrected chi connectivity index (χ4v) is 1.68. The summed E-state index contributed by atoms with van der Waals surface area (Å²) in [5, 5.41) is 6.16. The van der Waals surface area contributed by atoms with Crippen LogP contribution in [0.4, 0.5) is 10.5 Å². The van der Waals surface area contributed by atoms with Gasteiger partial charge < -0.3 is 15.4 Å². The molecule has 1 aromatic rings. The molecule has 0 saturated carbocycles. The molecule has 0 heterocycles. The molecule has 0 bridgehead atoms. The SMILES string of the molecule is CC(C)(C)Nc1cccc(CNC(=O)OC(C)(C)C)c1. The van der Waals surface area contributed by atoms with Crippen molar-refractivity contribution in [3.05, 3.63) is 29.8 Å². The van der Waals surface area contributed by atoms with Crippen molar-refractivity contribution in [1.29, 1.82) is 0 Å². The van der Waals surface area contributed by atoms with Crippen molar-refractivity contribution in [3.63, 3.8) is 0 Å². The molecule has 2 N–H and O–H groups in total. The second-order valence-electron chi connectivity index (χ2n) is 6.93. The molecule has 0 radical (unpaired) electrons. The van der Waals surface area contributed by atoms with E-state index in [1.54, 1.807) is 0 Å². The maximum absolute atomic E-state index is 11.6. The van der Waals surface area contributed by atoms with Gasteiger partial charge in [0.25, 0.3) is 0 Å². The van der Waals surface area contributed by atoms with Crippen molar-refractivity contribution >= 4 is 11.8 Å². The lowest BCUT2D eigenvalue weighted by Gasteiger charge is -2.22. The lowest BCUT2D eigenvalue weighted by atomic mass is 10.1. The van der Waals surface area contributed by atoms with Gasteiger partial charge in [0.15, 0.2) is 0 Å². The van der Waals surface area contributed by atoms with Crippen molar-refractivity contribution in [3.8, 4) is 0 Å². The Balaban J connectivity index is 2.57. The van der Waals surface area contributed by atoms with E-state index in [-0.39, 0.29) is 5.54 Å². The standard InChI is InChI=1S/C16H26N2O2/c1-15(2,3)18-13-9-7-8-12(10-13)11-17-14(19)20-16(4,5)6/h7-10,18H,11H2,1-6H3,(H,17,19). The molecule has 0 aliphatic rings. The predicted octanol–water partition coefficient (Wildman–Crippen LogP) is 3.92. The third-order valence-corrected chi connectivity index (χ3v) is 2.28. The third-order valence-electron chi connectivity index (χ3n) is 2.28. The van der Waals surface area contributed by atoms with Gasteiger partial charge in [-0.2, -0.15) is 0 Å². The van der Waals surface area contributed by atoms with Crippen LogP contribution in [-0.2, 0) is 11.3 Å². The van der Waals surface area contributed by atoms with Crippen molar-refractivity contribution in [1.82, 2.24) is 5.32 Å². The molecule has 112 valence electrons. The first kappa shape index (κ1) is 16.3. The number of anilines is 1. The van der Waals surface area contributed by atoms with Gasteiger partial charge in [-0.3, -0.25) is 0 Å². The van der Waals surface area contributed by atoms with Crippen LogP contribution in [0.3, 0.4) is 0 Å². The zero-order valence-electron chi connectivity index (χ0n) is 13.3. The highest BCUT2D eigenvalue weighted by Gasteiger charge is 2.15. The van der Waals surface area contributed by atoms with Crippen molar-refractivity contribution in [2.24, 2.45) is 0 Å². The van der Waals surface area contributed by atoms with Gasteiger partial charge in [0, 0.05) is 17.8 Å². The van der Waals surface area contributed by atoms with Gasteiger partial charge in [-0.1, -0.05) is 12.1 Å². The Kier molecular flexibility index (Phi) is 5.03. The second kappa shape index (κ2) is 6.16. The quantitative estimate of drug-likeness (QED) is 0.881. The average molecular weight is 278 g/mol. The zero-order chi connectivity index (χ0) is 15.4. The summed E-state index contributed by atoms with van der Waals surface area (Å²) in [6.45, 7) is 12.3. The molecule has 4 nitrogen and oxygen atoms in total. The minimum absolute atomic E-state index is 0.0111. The summed E-state index contributed by atoms with van der Waals surface area (Å²) in [6, 6.07) is 8.00. The minimum atomic E-state index is -0.472. The Morgan fingerprint density at radius 1 is 1.15 bits per heavy atom. The van der Waals surface area contributed by atoms with Gasteiger partial charge in [-0.25, -0.2) is 4.79 Å². The number of carbonyl (C=O) groups excluding carboxylic acids is 1. The van der Waals surface area contributed by atoms with Crippen LogP contribution in [0.5, 0.6) is 0 Å². The topological polar surface area (TPSA) is 50.4 Å². The van der Waals surface area contributed by atoms with Gasteiger partial charge in [-0.15, -0.1) is 0 Å². The summed E-state index contributed by atoms with van der Waals surface area (Å²) < 4.78 is 5.20. The van der Waals surface area contributed by atoms with E-state index < -0.39 is 11.7 Å². The molecule has 1 aromatic carbocycles. The monoisotopic (exact) mass is 278 g/mol. The third kappa shape index (κ3) is 7.02. The van der Waals surface area contributed by atoms with E-state index in [4.69, 9.17) is 4.74 Å². The lowest BCUT2D eigenvalue weighted by Crippen LogP contribution is -2.32. The van der Waals surface area contributed by atoms with Gasteiger partial charge in [-0.05, 0) is 59.2 Å². The van der Waals surface area contributed by atoms with Crippen LogP contribution in [0, 0.1) is 0 Å². The van der Waals surface area contributed by atoms with E-state index in [0.717, 1.165) is 11.3 Å².